The second-order valence-corrected chi connectivity index (χ2v) is 6.87. The van der Waals surface area contributed by atoms with Crippen molar-refractivity contribution in [3.8, 4) is 0 Å². The molecule has 0 heterocycles. The van der Waals surface area contributed by atoms with E-state index in [2.05, 4.69) is 45.3 Å². The van der Waals surface area contributed by atoms with Crippen molar-refractivity contribution in [1.29, 1.82) is 0 Å². The Bertz CT molecular complexity index is 241. The molecule has 3 heteroatoms. The van der Waals surface area contributed by atoms with Gasteiger partial charge in [0.25, 0.3) is 0 Å². The Morgan fingerprint density at radius 3 is 2.00 bits per heavy atom. The van der Waals surface area contributed by atoms with Gasteiger partial charge in [0, 0.05) is 24.5 Å². The fourth-order valence-corrected chi connectivity index (χ4v) is 1.86. The van der Waals surface area contributed by atoms with Crippen LogP contribution in [-0.4, -0.2) is 30.5 Å². The van der Waals surface area contributed by atoms with Crippen molar-refractivity contribution < 1.29 is 4.79 Å². The molecule has 2 N–H and O–H groups in total. The molecule has 0 rings (SSSR count). The summed E-state index contributed by atoms with van der Waals surface area (Å²) in [5.74, 6) is 0.983. The van der Waals surface area contributed by atoms with E-state index in [4.69, 9.17) is 0 Å². The third kappa shape index (κ3) is 8.65. The molecule has 0 bridgehead atoms. The first kappa shape index (κ1) is 17.6. The lowest BCUT2D eigenvalue weighted by Crippen LogP contribution is -2.45. The highest BCUT2D eigenvalue weighted by Crippen LogP contribution is 2.10. The van der Waals surface area contributed by atoms with Gasteiger partial charge in [0.2, 0.25) is 0 Å². The minimum absolute atomic E-state index is 0.00627. The van der Waals surface area contributed by atoms with Gasteiger partial charge in [0.15, 0.2) is 5.78 Å². The number of carbonyl (C=O) groups excluding carboxylic acids is 1. The molecule has 0 saturated carbocycles. The normalized spacial score (nSPS) is 14.3. The van der Waals surface area contributed by atoms with Gasteiger partial charge in [-0.2, -0.15) is 0 Å². The van der Waals surface area contributed by atoms with E-state index >= 15 is 0 Å². The number of rotatable bonds is 8. The van der Waals surface area contributed by atoms with Crippen molar-refractivity contribution in [3.63, 3.8) is 0 Å². The molecule has 108 valence electrons. The number of hydrogen-bond donors (Lipinski definition) is 2. The van der Waals surface area contributed by atoms with E-state index in [9.17, 15) is 4.79 Å². The fraction of sp³-hybridized carbons (Fsp3) is 0.933. The van der Waals surface area contributed by atoms with E-state index < -0.39 is 0 Å². The predicted molar refractivity (Wildman–Crippen MR) is 78.8 cm³/mol. The van der Waals surface area contributed by atoms with Gasteiger partial charge < -0.3 is 10.6 Å². The first-order valence-corrected chi connectivity index (χ1v) is 7.15. The first-order chi connectivity index (χ1) is 8.13. The van der Waals surface area contributed by atoms with Crippen molar-refractivity contribution in [2.75, 3.05) is 13.1 Å². The number of hydrogen-bond acceptors (Lipinski definition) is 3. The maximum absolute atomic E-state index is 12.1. The molecule has 0 aliphatic rings. The molecule has 0 saturated heterocycles. The topological polar surface area (TPSA) is 41.1 Å². The van der Waals surface area contributed by atoms with E-state index in [1.54, 1.807) is 0 Å². The van der Waals surface area contributed by atoms with Crippen LogP contribution < -0.4 is 10.6 Å². The first-order valence-electron chi connectivity index (χ1n) is 7.15. The van der Waals surface area contributed by atoms with Crippen LogP contribution in [0.3, 0.4) is 0 Å². The zero-order valence-electron chi connectivity index (χ0n) is 13.3. The van der Waals surface area contributed by atoms with Crippen LogP contribution in [0.2, 0.25) is 0 Å². The summed E-state index contributed by atoms with van der Waals surface area (Å²) in [7, 11) is 0. The smallest absolute Gasteiger partial charge is 0.152 e. The average molecular weight is 256 g/mol. The van der Waals surface area contributed by atoms with Crippen LogP contribution in [0.5, 0.6) is 0 Å². The van der Waals surface area contributed by atoms with Gasteiger partial charge in [0.1, 0.15) is 0 Å². The lowest BCUT2D eigenvalue weighted by molar-refractivity contribution is -0.124. The molecule has 0 aromatic carbocycles. The molecule has 0 fully saturated rings. The maximum atomic E-state index is 12.1. The third-order valence-electron chi connectivity index (χ3n) is 2.79. The zero-order chi connectivity index (χ0) is 14.3. The third-order valence-corrected chi connectivity index (χ3v) is 2.79. The van der Waals surface area contributed by atoms with Crippen LogP contribution in [0.25, 0.3) is 0 Å². The summed E-state index contributed by atoms with van der Waals surface area (Å²) in [5.41, 5.74) is 0.136. The van der Waals surface area contributed by atoms with Crippen LogP contribution in [-0.2, 0) is 4.79 Å². The van der Waals surface area contributed by atoms with Crippen LogP contribution in [0.1, 0.15) is 54.9 Å². The Hall–Kier alpha value is -0.410. The lowest BCUT2D eigenvalue weighted by Gasteiger charge is -2.24. The Balaban J connectivity index is 4.14. The van der Waals surface area contributed by atoms with E-state index in [0.29, 0.717) is 11.7 Å². The molecule has 1 atom stereocenters. The quantitative estimate of drug-likeness (QED) is 0.656. The van der Waals surface area contributed by atoms with Crippen LogP contribution in [0, 0.1) is 11.8 Å². The molecule has 0 spiro atoms. The van der Waals surface area contributed by atoms with Crippen molar-refractivity contribution in [2.24, 2.45) is 11.8 Å². The van der Waals surface area contributed by atoms with Crippen LogP contribution >= 0.6 is 0 Å². The Labute approximate surface area is 113 Å². The summed E-state index contributed by atoms with van der Waals surface area (Å²) < 4.78 is 0. The molecule has 18 heavy (non-hydrogen) atoms. The van der Waals surface area contributed by atoms with Gasteiger partial charge in [-0.1, -0.05) is 27.7 Å². The molecule has 0 aliphatic carbocycles. The fourth-order valence-electron chi connectivity index (χ4n) is 1.86. The van der Waals surface area contributed by atoms with E-state index in [1.165, 1.54) is 0 Å². The molecule has 0 amide bonds. The molecule has 0 aromatic heterocycles. The molecule has 0 radical (unpaired) electrons. The molecular formula is C15H32N2O. The monoisotopic (exact) mass is 256 g/mol. The summed E-state index contributed by atoms with van der Waals surface area (Å²) in [6.45, 7) is 16.5. The van der Waals surface area contributed by atoms with Gasteiger partial charge in [-0.05, 0) is 33.1 Å². The number of Topliss-reactive ketones (excluding diaryl/α,β-unsaturated/α-hetero) is 1. The Morgan fingerprint density at radius 1 is 1.06 bits per heavy atom. The summed E-state index contributed by atoms with van der Waals surface area (Å²) in [4.78, 5) is 12.1. The van der Waals surface area contributed by atoms with E-state index in [1.807, 2.05) is 13.8 Å². The van der Waals surface area contributed by atoms with Crippen LogP contribution in [0.4, 0.5) is 0 Å². The molecule has 0 aromatic rings. The highest BCUT2D eigenvalue weighted by molar-refractivity contribution is 5.85. The minimum atomic E-state index is 0.00627. The average Bonchev–Trinajstić information content (AvgIpc) is 2.19. The Morgan fingerprint density at radius 2 is 1.61 bits per heavy atom. The SMILES string of the molecule is CC(C)C[C@H](NCCNC(C)(C)C)C(=O)C(C)C. The summed E-state index contributed by atoms with van der Waals surface area (Å²) in [6, 6.07) is 0.00627. The van der Waals surface area contributed by atoms with Crippen molar-refractivity contribution >= 4 is 5.78 Å². The Kier molecular flexibility index (Phi) is 7.72. The predicted octanol–water partition coefficient (Wildman–Crippen LogP) is 2.60. The van der Waals surface area contributed by atoms with Crippen LogP contribution in [0.15, 0.2) is 0 Å². The van der Waals surface area contributed by atoms with Crippen molar-refractivity contribution in [2.45, 2.75) is 66.5 Å². The largest absolute Gasteiger partial charge is 0.311 e. The zero-order valence-corrected chi connectivity index (χ0v) is 13.3. The molecular weight excluding hydrogens is 224 g/mol. The molecule has 3 nitrogen and oxygen atoms in total. The minimum Gasteiger partial charge on any atom is -0.311 e. The van der Waals surface area contributed by atoms with Gasteiger partial charge in [-0.25, -0.2) is 0 Å². The summed E-state index contributed by atoms with van der Waals surface area (Å²) >= 11 is 0. The highest BCUT2D eigenvalue weighted by atomic mass is 16.1. The second-order valence-electron chi connectivity index (χ2n) is 6.87. The summed E-state index contributed by atoms with van der Waals surface area (Å²) in [5, 5.41) is 6.82. The van der Waals surface area contributed by atoms with Gasteiger partial charge in [-0.15, -0.1) is 0 Å². The molecule has 0 aliphatic heterocycles. The second kappa shape index (κ2) is 7.90. The van der Waals surface area contributed by atoms with E-state index in [-0.39, 0.29) is 17.5 Å². The van der Waals surface area contributed by atoms with E-state index in [0.717, 1.165) is 19.5 Å². The van der Waals surface area contributed by atoms with Gasteiger partial charge >= 0.3 is 0 Å². The number of carbonyl (C=O) groups is 1. The van der Waals surface area contributed by atoms with Gasteiger partial charge in [0.05, 0.1) is 6.04 Å². The maximum Gasteiger partial charge on any atom is 0.152 e. The van der Waals surface area contributed by atoms with Gasteiger partial charge in [-0.3, -0.25) is 4.79 Å². The summed E-state index contributed by atoms with van der Waals surface area (Å²) in [6.07, 6.45) is 0.923. The number of ketones is 1. The highest BCUT2D eigenvalue weighted by Gasteiger charge is 2.21. The number of nitrogens with one attached hydrogen (secondary N) is 2. The standard InChI is InChI=1S/C15H32N2O/c1-11(2)10-13(14(18)12(3)4)16-8-9-17-15(5,6)7/h11-13,16-17H,8-10H2,1-7H3/t13-/m0/s1. The van der Waals surface area contributed by atoms with Crippen molar-refractivity contribution in [1.82, 2.24) is 10.6 Å². The lowest BCUT2D eigenvalue weighted by atomic mass is 9.94. The van der Waals surface area contributed by atoms with Crippen molar-refractivity contribution in [3.05, 3.63) is 0 Å². The molecule has 0 unspecified atom stereocenters.